The fraction of sp³-hybridized carbons (Fsp3) is 0.909. The number of hydrogen-bond donors (Lipinski definition) is 0. The van der Waals surface area contributed by atoms with Gasteiger partial charge in [0.2, 0.25) is 0 Å². The van der Waals surface area contributed by atoms with E-state index in [1.165, 1.54) is 32.1 Å². The highest BCUT2D eigenvalue weighted by Gasteiger charge is 2.42. The van der Waals surface area contributed by atoms with Crippen molar-refractivity contribution in [3.63, 3.8) is 0 Å². The Morgan fingerprint density at radius 3 is 2.42 bits per heavy atom. The summed E-state index contributed by atoms with van der Waals surface area (Å²) in [4.78, 5) is 11.1. The first-order valence-corrected chi connectivity index (χ1v) is 5.25. The van der Waals surface area contributed by atoms with Crippen molar-refractivity contribution in [2.75, 3.05) is 0 Å². The Kier molecular flexibility index (Phi) is 1.97. The highest BCUT2D eigenvalue weighted by Crippen LogP contribution is 2.51. The molecule has 0 amide bonds. The van der Waals surface area contributed by atoms with Crippen molar-refractivity contribution in [1.29, 1.82) is 0 Å². The molecule has 0 aromatic rings. The van der Waals surface area contributed by atoms with Gasteiger partial charge in [-0.3, -0.25) is 4.79 Å². The van der Waals surface area contributed by atoms with Gasteiger partial charge in [-0.2, -0.15) is 0 Å². The zero-order valence-electron chi connectivity index (χ0n) is 7.94. The van der Waals surface area contributed by atoms with Crippen LogP contribution in [0.4, 0.5) is 0 Å². The first-order valence-electron chi connectivity index (χ1n) is 5.25. The molecule has 0 N–H and O–H groups in total. The summed E-state index contributed by atoms with van der Waals surface area (Å²) in [7, 11) is 0. The van der Waals surface area contributed by atoms with E-state index in [4.69, 9.17) is 0 Å². The summed E-state index contributed by atoms with van der Waals surface area (Å²) < 4.78 is 0. The summed E-state index contributed by atoms with van der Waals surface area (Å²) in [6.07, 6.45) is 8.29. The van der Waals surface area contributed by atoms with E-state index in [1.807, 2.05) is 0 Å². The van der Waals surface area contributed by atoms with Crippen molar-refractivity contribution in [1.82, 2.24) is 0 Å². The summed E-state index contributed by atoms with van der Waals surface area (Å²) in [6, 6.07) is 0. The van der Waals surface area contributed by atoms with Gasteiger partial charge in [-0.25, -0.2) is 0 Å². The number of rotatable bonds is 0. The average Bonchev–Trinajstić information content (AvgIpc) is 2.41. The third-order valence-electron chi connectivity index (χ3n) is 4.16. The van der Waals surface area contributed by atoms with Crippen LogP contribution in [0.5, 0.6) is 0 Å². The second kappa shape index (κ2) is 2.86. The van der Waals surface area contributed by atoms with Gasteiger partial charge in [0.1, 0.15) is 5.78 Å². The van der Waals surface area contributed by atoms with Crippen molar-refractivity contribution in [2.45, 2.75) is 51.9 Å². The van der Waals surface area contributed by atoms with Crippen LogP contribution in [-0.4, -0.2) is 5.78 Å². The molecule has 1 atom stereocenters. The van der Waals surface area contributed by atoms with Crippen LogP contribution in [0.2, 0.25) is 0 Å². The maximum Gasteiger partial charge on any atom is 0.132 e. The molecule has 0 saturated heterocycles. The number of Topliss-reactive ketones (excluding diaryl/α,β-unsaturated/α-hetero) is 1. The van der Waals surface area contributed by atoms with E-state index in [2.05, 4.69) is 6.92 Å². The molecule has 0 radical (unpaired) electrons. The Balaban J connectivity index is 2.06. The van der Waals surface area contributed by atoms with E-state index >= 15 is 0 Å². The van der Waals surface area contributed by atoms with E-state index < -0.39 is 0 Å². The number of carbonyl (C=O) groups is 1. The molecule has 1 spiro atoms. The quantitative estimate of drug-likeness (QED) is 0.540. The average molecular weight is 166 g/mol. The Morgan fingerprint density at radius 2 is 1.92 bits per heavy atom. The highest BCUT2D eigenvalue weighted by molar-refractivity contribution is 5.79. The molecular weight excluding hydrogens is 148 g/mol. The van der Waals surface area contributed by atoms with Crippen LogP contribution in [-0.2, 0) is 4.79 Å². The molecule has 2 saturated carbocycles. The molecule has 0 bridgehead atoms. The van der Waals surface area contributed by atoms with Crippen LogP contribution in [0.3, 0.4) is 0 Å². The van der Waals surface area contributed by atoms with E-state index in [9.17, 15) is 4.79 Å². The zero-order chi connectivity index (χ0) is 8.60. The van der Waals surface area contributed by atoms with E-state index in [-0.39, 0.29) is 0 Å². The minimum absolute atomic E-state index is 0.500. The van der Waals surface area contributed by atoms with Gasteiger partial charge in [0, 0.05) is 12.8 Å². The zero-order valence-corrected chi connectivity index (χ0v) is 7.94. The molecule has 1 nitrogen and oxygen atoms in total. The molecule has 0 aromatic heterocycles. The Bertz CT molecular complexity index is 185. The van der Waals surface area contributed by atoms with Gasteiger partial charge in [-0.15, -0.1) is 0 Å². The molecule has 2 aliphatic carbocycles. The minimum atomic E-state index is 0.500. The molecule has 2 aliphatic rings. The maximum atomic E-state index is 11.1. The van der Waals surface area contributed by atoms with E-state index in [0.717, 1.165) is 18.8 Å². The lowest BCUT2D eigenvalue weighted by molar-refractivity contribution is -0.122. The molecule has 2 fully saturated rings. The number of ketones is 1. The predicted molar refractivity (Wildman–Crippen MR) is 48.9 cm³/mol. The second-order valence-electron chi connectivity index (χ2n) is 4.69. The maximum absolute atomic E-state index is 11.1. The van der Waals surface area contributed by atoms with Crippen molar-refractivity contribution in [3.8, 4) is 0 Å². The Hall–Kier alpha value is -0.330. The first-order chi connectivity index (χ1) is 5.73. The van der Waals surface area contributed by atoms with Crippen LogP contribution >= 0.6 is 0 Å². The molecule has 12 heavy (non-hydrogen) atoms. The lowest BCUT2D eigenvalue weighted by Crippen LogP contribution is -2.29. The van der Waals surface area contributed by atoms with Gasteiger partial charge in [-0.1, -0.05) is 19.8 Å². The van der Waals surface area contributed by atoms with Crippen molar-refractivity contribution >= 4 is 5.78 Å². The van der Waals surface area contributed by atoms with Gasteiger partial charge >= 0.3 is 0 Å². The molecule has 1 unspecified atom stereocenters. The lowest BCUT2D eigenvalue weighted by atomic mass is 9.68. The van der Waals surface area contributed by atoms with Crippen LogP contribution in [0.1, 0.15) is 51.9 Å². The first kappa shape index (κ1) is 8.28. The van der Waals surface area contributed by atoms with Crippen LogP contribution in [0.15, 0.2) is 0 Å². The van der Waals surface area contributed by atoms with Crippen molar-refractivity contribution < 1.29 is 4.79 Å². The fourth-order valence-electron chi connectivity index (χ4n) is 3.08. The normalized spacial score (nSPS) is 34.4. The van der Waals surface area contributed by atoms with Gasteiger partial charge in [0.15, 0.2) is 0 Å². The SMILES string of the molecule is CC1CCCC12CCC(=O)CC2. The largest absolute Gasteiger partial charge is 0.300 e. The molecule has 0 aliphatic heterocycles. The summed E-state index contributed by atoms with van der Waals surface area (Å²) in [5, 5.41) is 0. The summed E-state index contributed by atoms with van der Waals surface area (Å²) in [5.41, 5.74) is 0.591. The van der Waals surface area contributed by atoms with Crippen molar-refractivity contribution in [3.05, 3.63) is 0 Å². The molecule has 2 rings (SSSR count). The molecule has 0 heterocycles. The molecule has 0 aromatic carbocycles. The third-order valence-corrected chi connectivity index (χ3v) is 4.16. The summed E-state index contributed by atoms with van der Waals surface area (Å²) in [5.74, 6) is 1.38. The van der Waals surface area contributed by atoms with Crippen LogP contribution in [0.25, 0.3) is 0 Å². The fourth-order valence-corrected chi connectivity index (χ4v) is 3.08. The summed E-state index contributed by atoms with van der Waals surface area (Å²) >= 11 is 0. The topological polar surface area (TPSA) is 17.1 Å². The predicted octanol–water partition coefficient (Wildman–Crippen LogP) is 2.94. The Morgan fingerprint density at radius 1 is 1.25 bits per heavy atom. The van der Waals surface area contributed by atoms with Gasteiger partial charge in [0.25, 0.3) is 0 Å². The number of hydrogen-bond acceptors (Lipinski definition) is 1. The third kappa shape index (κ3) is 1.19. The second-order valence-corrected chi connectivity index (χ2v) is 4.69. The van der Waals surface area contributed by atoms with E-state index in [1.54, 1.807) is 0 Å². The molecule has 1 heteroatoms. The van der Waals surface area contributed by atoms with Crippen molar-refractivity contribution in [2.24, 2.45) is 11.3 Å². The minimum Gasteiger partial charge on any atom is -0.300 e. The lowest BCUT2D eigenvalue weighted by Gasteiger charge is -2.36. The van der Waals surface area contributed by atoms with E-state index in [0.29, 0.717) is 11.2 Å². The summed E-state index contributed by atoms with van der Waals surface area (Å²) in [6.45, 7) is 2.38. The smallest absolute Gasteiger partial charge is 0.132 e. The van der Waals surface area contributed by atoms with Crippen LogP contribution in [0, 0.1) is 11.3 Å². The number of carbonyl (C=O) groups excluding carboxylic acids is 1. The molecular formula is C11H18O. The Labute approximate surface area is 74.5 Å². The van der Waals surface area contributed by atoms with Gasteiger partial charge in [-0.05, 0) is 30.6 Å². The van der Waals surface area contributed by atoms with Gasteiger partial charge < -0.3 is 0 Å². The molecule has 68 valence electrons. The standard InChI is InChI=1S/C11H18O/c1-9-3-2-6-11(9)7-4-10(12)5-8-11/h9H,2-8H2,1H3. The monoisotopic (exact) mass is 166 g/mol. The van der Waals surface area contributed by atoms with Crippen LogP contribution < -0.4 is 0 Å². The van der Waals surface area contributed by atoms with Gasteiger partial charge in [0.05, 0.1) is 0 Å². The highest BCUT2D eigenvalue weighted by atomic mass is 16.1.